The van der Waals surface area contributed by atoms with Gasteiger partial charge in [0.2, 0.25) is 0 Å². The van der Waals surface area contributed by atoms with E-state index in [1.54, 1.807) is 10.5 Å². The summed E-state index contributed by atoms with van der Waals surface area (Å²) in [6.07, 6.45) is 12.7. The fourth-order valence-electron chi connectivity index (χ4n) is 9.76. The van der Waals surface area contributed by atoms with Gasteiger partial charge < -0.3 is 0 Å². The van der Waals surface area contributed by atoms with E-state index >= 15 is 0 Å². The molecule has 0 aromatic heterocycles. The molecule has 2 aromatic rings. The molecule has 0 N–H and O–H groups in total. The Kier molecular flexibility index (Phi) is 7.19. The van der Waals surface area contributed by atoms with Crippen molar-refractivity contribution >= 4 is 25.4 Å². The van der Waals surface area contributed by atoms with Crippen molar-refractivity contribution in [2.45, 2.75) is 75.9 Å². The van der Waals surface area contributed by atoms with Crippen LogP contribution in [0.1, 0.15) is 57.6 Å². The van der Waals surface area contributed by atoms with Crippen molar-refractivity contribution < 1.29 is 0 Å². The third kappa shape index (κ3) is 4.35. The first kappa shape index (κ1) is 26.4. The second-order valence-electron chi connectivity index (χ2n) is 13.7. The predicted molar refractivity (Wildman–Crippen MR) is 170 cm³/mol. The summed E-state index contributed by atoms with van der Waals surface area (Å²) in [7, 11) is -1.66. The van der Waals surface area contributed by atoms with E-state index in [9.17, 15) is 0 Å². The number of thioether (sulfide) groups is 1. The van der Waals surface area contributed by atoms with Gasteiger partial charge in [0.25, 0.3) is 0 Å². The third-order valence-electron chi connectivity index (χ3n) is 11.0. The molecule has 2 aromatic carbocycles. The smallest absolute Gasteiger partial charge is 0.0559 e. The summed E-state index contributed by atoms with van der Waals surface area (Å²) in [6, 6.07) is 22.7. The second-order valence-corrected chi connectivity index (χ2v) is 20.1. The molecule has 1 aliphatic heterocycles. The predicted octanol–water partition coefficient (Wildman–Crippen LogP) is 10.5. The maximum atomic E-state index is 2.82. The van der Waals surface area contributed by atoms with E-state index in [4.69, 9.17) is 0 Å². The van der Waals surface area contributed by atoms with Crippen molar-refractivity contribution in [3.05, 3.63) is 101 Å². The van der Waals surface area contributed by atoms with Crippen molar-refractivity contribution in [2.75, 3.05) is 0 Å². The highest BCUT2D eigenvalue weighted by molar-refractivity contribution is 8.04. The molecule has 0 nitrogen and oxygen atoms in total. The maximum Gasteiger partial charge on any atom is 0.0559 e. The molecule has 3 aliphatic carbocycles. The Morgan fingerprint density at radius 2 is 1.50 bits per heavy atom. The van der Waals surface area contributed by atoms with E-state index in [1.807, 2.05) is 0 Å². The Morgan fingerprint density at radius 3 is 2.18 bits per heavy atom. The molecule has 0 radical (unpaired) electrons. The second kappa shape index (κ2) is 10.3. The minimum atomic E-state index is -1.66. The Labute approximate surface area is 237 Å². The molecule has 1 heterocycles. The number of benzene rings is 2. The number of rotatable bonds is 5. The van der Waals surface area contributed by atoms with Crippen molar-refractivity contribution in [1.29, 1.82) is 0 Å². The third-order valence-corrected chi connectivity index (χ3v) is 17.9. The molecule has 4 aliphatic rings. The van der Waals surface area contributed by atoms with Crippen molar-refractivity contribution in [3.63, 3.8) is 0 Å². The lowest BCUT2D eigenvalue weighted by molar-refractivity contribution is 0.375. The highest BCUT2D eigenvalue weighted by atomic mass is 32.2. The Morgan fingerprint density at radius 1 is 0.842 bits per heavy atom. The fourth-order valence-corrected chi connectivity index (χ4v) is 18.7. The van der Waals surface area contributed by atoms with E-state index in [0.29, 0.717) is 11.8 Å². The SMILES string of the molecule is CC1=C(c2ccccc2)C2CC(C(C)C)C([Si](C)(C)C3C(C)CC4C(c5ccccc5)C=CC=CC43)C2S1. The van der Waals surface area contributed by atoms with Gasteiger partial charge in [-0.15, -0.1) is 11.8 Å². The van der Waals surface area contributed by atoms with Crippen LogP contribution in [0.2, 0.25) is 24.2 Å². The van der Waals surface area contributed by atoms with Crippen LogP contribution in [0, 0.1) is 35.5 Å². The minimum Gasteiger partial charge on any atom is -0.127 e. The summed E-state index contributed by atoms with van der Waals surface area (Å²) in [5.74, 6) is 5.09. The average molecular weight is 539 g/mol. The lowest BCUT2D eigenvalue weighted by Crippen LogP contribution is -2.47. The normalized spacial score (nSPS) is 36.6. The highest BCUT2D eigenvalue weighted by Gasteiger charge is 2.60. The molecule has 6 rings (SSSR count). The van der Waals surface area contributed by atoms with Crippen LogP contribution < -0.4 is 0 Å². The van der Waals surface area contributed by atoms with Crippen LogP contribution in [0.15, 0.2) is 89.9 Å². The first-order valence-electron chi connectivity index (χ1n) is 15.1. The Bertz CT molecular complexity index is 1220. The van der Waals surface area contributed by atoms with Gasteiger partial charge in [0.05, 0.1) is 8.07 Å². The number of hydrogen-bond donors (Lipinski definition) is 0. The van der Waals surface area contributed by atoms with Crippen LogP contribution in [0.25, 0.3) is 5.57 Å². The van der Waals surface area contributed by atoms with Crippen molar-refractivity contribution in [3.8, 4) is 0 Å². The molecule has 0 bridgehead atoms. The van der Waals surface area contributed by atoms with E-state index in [2.05, 4.69) is 138 Å². The minimum absolute atomic E-state index is 0.542. The first-order chi connectivity index (χ1) is 18.3. The lowest BCUT2D eigenvalue weighted by atomic mass is 9.80. The topological polar surface area (TPSA) is 0 Å². The first-order valence-corrected chi connectivity index (χ1v) is 19.1. The lowest BCUT2D eigenvalue weighted by Gasteiger charge is -2.46. The Balaban J connectivity index is 1.35. The summed E-state index contributed by atoms with van der Waals surface area (Å²) < 4.78 is 0. The standard InChI is InChI=1S/C36H46SSi/c1-23(2)30-22-32-33(27-17-11-8-12-18-27)25(4)37-34(32)36(30)38(5,6)35-24(3)21-31-28(19-13-14-20-29(31)35)26-15-9-7-10-16-26/h7-20,23-24,28-32,34-36H,21-22H2,1-6H3. The number of hydrogen-bond acceptors (Lipinski definition) is 1. The van der Waals surface area contributed by atoms with Gasteiger partial charge in [-0.25, -0.2) is 0 Å². The molecule has 0 spiro atoms. The van der Waals surface area contributed by atoms with E-state index < -0.39 is 8.07 Å². The monoisotopic (exact) mass is 538 g/mol. The van der Waals surface area contributed by atoms with E-state index in [0.717, 1.165) is 45.9 Å². The molecular weight excluding hydrogens is 493 g/mol. The van der Waals surface area contributed by atoms with Gasteiger partial charge >= 0.3 is 0 Å². The molecule has 0 saturated heterocycles. The summed E-state index contributed by atoms with van der Waals surface area (Å²) in [6.45, 7) is 15.7. The summed E-state index contributed by atoms with van der Waals surface area (Å²) >= 11 is 2.27. The molecule has 2 saturated carbocycles. The van der Waals surface area contributed by atoms with Gasteiger partial charge in [0.1, 0.15) is 0 Å². The molecule has 0 amide bonds. The van der Waals surface area contributed by atoms with Crippen LogP contribution in [0.5, 0.6) is 0 Å². The average Bonchev–Trinajstić information content (AvgIpc) is 3.49. The van der Waals surface area contributed by atoms with Crippen LogP contribution in [-0.2, 0) is 0 Å². The molecule has 2 fully saturated rings. The fraction of sp³-hybridized carbons (Fsp3) is 0.500. The summed E-state index contributed by atoms with van der Waals surface area (Å²) in [5.41, 5.74) is 6.39. The van der Waals surface area contributed by atoms with Crippen molar-refractivity contribution in [1.82, 2.24) is 0 Å². The quantitative estimate of drug-likeness (QED) is 0.341. The van der Waals surface area contributed by atoms with E-state index in [1.165, 1.54) is 24.0 Å². The van der Waals surface area contributed by atoms with Gasteiger partial charge in [-0.05, 0) is 88.0 Å². The van der Waals surface area contributed by atoms with Gasteiger partial charge in [0, 0.05) is 11.2 Å². The zero-order valence-electron chi connectivity index (χ0n) is 24.2. The zero-order valence-corrected chi connectivity index (χ0v) is 26.0. The van der Waals surface area contributed by atoms with Gasteiger partial charge in [-0.1, -0.05) is 119 Å². The summed E-state index contributed by atoms with van der Waals surface area (Å²) in [5, 5.41) is 0.767. The van der Waals surface area contributed by atoms with Gasteiger partial charge in [0.15, 0.2) is 0 Å². The molecule has 2 heteroatoms. The molecule has 9 unspecified atom stereocenters. The van der Waals surface area contributed by atoms with Crippen LogP contribution in [0.4, 0.5) is 0 Å². The summed E-state index contributed by atoms with van der Waals surface area (Å²) in [4.78, 5) is 1.60. The molecular formula is C36H46SSi. The van der Waals surface area contributed by atoms with Gasteiger partial charge in [-0.2, -0.15) is 0 Å². The molecule has 38 heavy (non-hydrogen) atoms. The number of allylic oxidation sites excluding steroid dienone is 6. The van der Waals surface area contributed by atoms with Crippen LogP contribution >= 0.6 is 11.8 Å². The van der Waals surface area contributed by atoms with Crippen LogP contribution in [0.3, 0.4) is 0 Å². The molecule has 200 valence electrons. The maximum absolute atomic E-state index is 2.82. The molecule has 9 atom stereocenters. The Hall–Kier alpha value is -1.77. The number of fused-ring (bicyclic) bond motifs is 2. The zero-order chi connectivity index (χ0) is 26.6. The largest absolute Gasteiger partial charge is 0.127 e. The van der Waals surface area contributed by atoms with Crippen molar-refractivity contribution in [2.24, 2.45) is 35.5 Å². The van der Waals surface area contributed by atoms with Crippen LogP contribution in [-0.4, -0.2) is 13.3 Å². The van der Waals surface area contributed by atoms with Gasteiger partial charge in [-0.3, -0.25) is 0 Å². The van der Waals surface area contributed by atoms with E-state index in [-0.39, 0.29) is 0 Å². The highest BCUT2D eigenvalue weighted by Crippen LogP contribution is 2.68.